The van der Waals surface area contributed by atoms with E-state index in [1.54, 1.807) is 6.07 Å². The zero-order valence-electron chi connectivity index (χ0n) is 9.15. The Labute approximate surface area is 113 Å². The molecule has 1 heterocycles. The van der Waals surface area contributed by atoms with Crippen molar-refractivity contribution in [2.75, 3.05) is 13.1 Å². The molecule has 1 fully saturated rings. The SMILES string of the molecule is Fc1c(C(F)C2CCNCC2)ccc(Br)c1Cl. The maximum absolute atomic E-state index is 14.3. The Morgan fingerprint density at radius 2 is 2.00 bits per heavy atom. The second-order valence-electron chi connectivity index (χ2n) is 4.25. The molecule has 1 aromatic rings. The van der Waals surface area contributed by atoms with Crippen LogP contribution in [0.1, 0.15) is 24.6 Å². The van der Waals surface area contributed by atoms with Crippen molar-refractivity contribution in [1.82, 2.24) is 5.32 Å². The number of rotatable bonds is 2. The van der Waals surface area contributed by atoms with Crippen LogP contribution in [0.4, 0.5) is 8.78 Å². The van der Waals surface area contributed by atoms with Gasteiger partial charge in [0.25, 0.3) is 0 Å². The molecular weight excluding hydrogens is 311 g/mol. The zero-order valence-corrected chi connectivity index (χ0v) is 11.5. The van der Waals surface area contributed by atoms with Crippen LogP contribution in [0.5, 0.6) is 0 Å². The smallest absolute Gasteiger partial charge is 0.149 e. The summed E-state index contributed by atoms with van der Waals surface area (Å²) < 4.78 is 28.6. The van der Waals surface area contributed by atoms with Gasteiger partial charge in [-0.05, 0) is 53.8 Å². The van der Waals surface area contributed by atoms with Crippen LogP contribution in [0.25, 0.3) is 0 Å². The number of nitrogens with one attached hydrogen (secondary N) is 1. The summed E-state index contributed by atoms with van der Waals surface area (Å²) in [6.07, 6.45) is 0.186. The minimum Gasteiger partial charge on any atom is -0.317 e. The lowest BCUT2D eigenvalue weighted by Crippen LogP contribution is -2.30. The highest BCUT2D eigenvalue weighted by Gasteiger charge is 2.28. The van der Waals surface area contributed by atoms with Crippen molar-refractivity contribution in [1.29, 1.82) is 0 Å². The lowest BCUT2D eigenvalue weighted by molar-refractivity contribution is 0.186. The van der Waals surface area contributed by atoms with E-state index in [0.29, 0.717) is 4.47 Å². The molecule has 1 unspecified atom stereocenters. The average Bonchev–Trinajstić information content (AvgIpc) is 2.36. The van der Waals surface area contributed by atoms with E-state index in [-0.39, 0.29) is 16.5 Å². The predicted octanol–water partition coefficient (Wildman–Crippen LogP) is 4.25. The van der Waals surface area contributed by atoms with Crippen LogP contribution in [0, 0.1) is 11.7 Å². The standard InChI is InChI=1S/C12H13BrClF2N/c13-9-2-1-8(12(16)10(9)14)11(15)7-3-5-17-6-4-7/h1-2,7,11,17H,3-6H2. The van der Waals surface area contributed by atoms with Crippen molar-refractivity contribution in [2.45, 2.75) is 19.0 Å². The highest BCUT2D eigenvalue weighted by atomic mass is 79.9. The molecule has 5 heteroatoms. The third-order valence-electron chi connectivity index (χ3n) is 3.16. The van der Waals surface area contributed by atoms with Crippen molar-refractivity contribution in [3.8, 4) is 0 Å². The van der Waals surface area contributed by atoms with Crippen molar-refractivity contribution in [3.05, 3.63) is 33.0 Å². The molecule has 0 amide bonds. The normalized spacial score (nSPS) is 19.3. The minimum absolute atomic E-state index is 0.0425. The molecule has 0 spiro atoms. The molecule has 0 aliphatic carbocycles. The van der Waals surface area contributed by atoms with Gasteiger partial charge in [-0.2, -0.15) is 0 Å². The minimum atomic E-state index is -1.28. The van der Waals surface area contributed by atoms with Gasteiger partial charge >= 0.3 is 0 Å². The summed E-state index contributed by atoms with van der Waals surface area (Å²) in [4.78, 5) is 0. The van der Waals surface area contributed by atoms with Crippen LogP contribution in [-0.4, -0.2) is 13.1 Å². The molecule has 1 aliphatic rings. The molecule has 0 bridgehead atoms. The summed E-state index contributed by atoms with van der Waals surface area (Å²) >= 11 is 8.89. The highest BCUT2D eigenvalue weighted by molar-refractivity contribution is 9.10. The Kier molecular flexibility index (Phi) is 4.39. The average molecular weight is 325 g/mol. The summed E-state index contributed by atoms with van der Waals surface area (Å²) in [6, 6.07) is 3.06. The summed E-state index contributed by atoms with van der Waals surface area (Å²) in [7, 11) is 0. The number of benzene rings is 1. The first kappa shape index (κ1) is 13.2. The number of alkyl halides is 1. The summed E-state index contributed by atoms with van der Waals surface area (Å²) in [5, 5.41) is 3.12. The molecule has 0 radical (unpaired) electrons. The van der Waals surface area contributed by atoms with E-state index in [4.69, 9.17) is 11.6 Å². The van der Waals surface area contributed by atoms with Gasteiger partial charge in [0.2, 0.25) is 0 Å². The molecule has 1 aliphatic heterocycles. The first-order valence-corrected chi connectivity index (χ1v) is 6.76. The lowest BCUT2D eigenvalue weighted by Gasteiger charge is -2.26. The van der Waals surface area contributed by atoms with Crippen molar-refractivity contribution in [2.24, 2.45) is 5.92 Å². The number of halogens is 4. The van der Waals surface area contributed by atoms with Gasteiger partial charge < -0.3 is 5.32 Å². The van der Waals surface area contributed by atoms with Crippen molar-refractivity contribution in [3.63, 3.8) is 0 Å². The summed E-state index contributed by atoms with van der Waals surface area (Å²) in [5.74, 6) is -0.768. The topological polar surface area (TPSA) is 12.0 Å². The van der Waals surface area contributed by atoms with Crippen LogP contribution in [0.3, 0.4) is 0 Å². The van der Waals surface area contributed by atoms with Gasteiger partial charge in [0.05, 0.1) is 5.02 Å². The second-order valence-corrected chi connectivity index (χ2v) is 5.49. The molecule has 94 valence electrons. The summed E-state index contributed by atoms with van der Waals surface area (Å²) in [5.41, 5.74) is 0.0742. The molecule has 1 N–H and O–H groups in total. The van der Waals surface area contributed by atoms with Crippen LogP contribution in [0.15, 0.2) is 16.6 Å². The van der Waals surface area contributed by atoms with E-state index >= 15 is 0 Å². The van der Waals surface area contributed by atoms with Crippen LogP contribution < -0.4 is 5.32 Å². The zero-order chi connectivity index (χ0) is 12.4. The monoisotopic (exact) mass is 323 g/mol. The van der Waals surface area contributed by atoms with Gasteiger partial charge in [0.15, 0.2) is 0 Å². The van der Waals surface area contributed by atoms with Crippen LogP contribution >= 0.6 is 27.5 Å². The quantitative estimate of drug-likeness (QED) is 0.802. The Morgan fingerprint density at radius 3 is 2.65 bits per heavy atom. The van der Waals surface area contributed by atoms with Crippen molar-refractivity contribution >= 4 is 27.5 Å². The van der Waals surface area contributed by atoms with Gasteiger partial charge in [0.1, 0.15) is 12.0 Å². The first-order valence-electron chi connectivity index (χ1n) is 5.59. The van der Waals surface area contributed by atoms with E-state index in [0.717, 1.165) is 25.9 Å². The number of hydrogen-bond donors (Lipinski definition) is 1. The van der Waals surface area contributed by atoms with E-state index < -0.39 is 12.0 Å². The third-order valence-corrected chi connectivity index (χ3v) is 4.42. The maximum atomic E-state index is 14.3. The van der Waals surface area contributed by atoms with E-state index in [1.165, 1.54) is 6.07 Å². The Balaban J connectivity index is 2.24. The van der Waals surface area contributed by atoms with Gasteiger partial charge in [-0.3, -0.25) is 0 Å². The van der Waals surface area contributed by atoms with E-state index in [2.05, 4.69) is 21.2 Å². The maximum Gasteiger partial charge on any atom is 0.149 e. The third kappa shape index (κ3) is 2.80. The highest BCUT2D eigenvalue weighted by Crippen LogP contribution is 2.37. The van der Waals surface area contributed by atoms with Crippen LogP contribution in [0.2, 0.25) is 5.02 Å². The van der Waals surface area contributed by atoms with E-state index in [9.17, 15) is 8.78 Å². The predicted molar refractivity (Wildman–Crippen MR) is 68.6 cm³/mol. The van der Waals surface area contributed by atoms with Crippen molar-refractivity contribution < 1.29 is 8.78 Å². The van der Waals surface area contributed by atoms with Gasteiger partial charge in [-0.1, -0.05) is 17.7 Å². The lowest BCUT2D eigenvalue weighted by atomic mass is 9.89. The second kappa shape index (κ2) is 5.63. The molecule has 1 saturated heterocycles. The largest absolute Gasteiger partial charge is 0.317 e. The number of piperidine rings is 1. The number of hydrogen-bond acceptors (Lipinski definition) is 1. The molecule has 2 rings (SSSR count). The first-order chi connectivity index (χ1) is 8.11. The fourth-order valence-corrected chi connectivity index (χ4v) is 2.62. The molecule has 1 atom stereocenters. The molecule has 1 aromatic carbocycles. The Bertz CT molecular complexity index is 408. The van der Waals surface area contributed by atoms with Gasteiger partial charge in [0, 0.05) is 10.0 Å². The van der Waals surface area contributed by atoms with E-state index in [1.807, 2.05) is 0 Å². The van der Waals surface area contributed by atoms with Gasteiger partial charge in [-0.15, -0.1) is 0 Å². The molecule has 0 saturated carbocycles. The Hall–Kier alpha value is -0.190. The van der Waals surface area contributed by atoms with Crippen LogP contribution in [-0.2, 0) is 0 Å². The fourth-order valence-electron chi connectivity index (χ4n) is 2.14. The fraction of sp³-hybridized carbons (Fsp3) is 0.500. The molecule has 1 nitrogen and oxygen atoms in total. The van der Waals surface area contributed by atoms with Gasteiger partial charge in [-0.25, -0.2) is 8.78 Å². The Morgan fingerprint density at radius 1 is 1.35 bits per heavy atom. The molecular formula is C12H13BrClF2N. The summed E-state index contributed by atoms with van der Waals surface area (Å²) in [6.45, 7) is 1.58. The molecule has 0 aromatic heterocycles. The molecule has 17 heavy (non-hydrogen) atoms.